The van der Waals surface area contributed by atoms with E-state index in [0.717, 1.165) is 17.7 Å². The zero-order valence-corrected chi connectivity index (χ0v) is 11.3. The molecule has 1 atom stereocenters. The van der Waals surface area contributed by atoms with E-state index in [1.165, 1.54) is 16.7 Å². The summed E-state index contributed by atoms with van der Waals surface area (Å²) in [6.45, 7) is 2.47. The number of benzene rings is 2. The Morgan fingerprint density at radius 3 is 2.80 bits per heavy atom. The number of hydrogen-bond acceptors (Lipinski definition) is 2. The predicted molar refractivity (Wildman–Crippen MR) is 78.7 cm³/mol. The summed E-state index contributed by atoms with van der Waals surface area (Å²) >= 11 is 0. The summed E-state index contributed by atoms with van der Waals surface area (Å²) in [7, 11) is 0. The molecule has 0 aliphatic carbocycles. The second kappa shape index (κ2) is 5.27. The maximum atomic E-state index is 8.42. The minimum Gasteiger partial charge on any atom is -0.489 e. The number of rotatable bonds is 3. The molecule has 3 rings (SSSR count). The van der Waals surface area contributed by atoms with Crippen molar-refractivity contribution in [3.63, 3.8) is 0 Å². The molecule has 0 saturated heterocycles. The van der Waals surface area contributed by atoms with Crippen LogP contribution in [0.1, 0.15) is 11.1 Å². The van der Waals surface area contributed by atoms with Crippen LogP contribution in [0.15, 0.2) is 47.6 Å². The van der Waals surface area contributed by atoms with Gasteiger partial charge in [0.15, 0.2) is 0 Å². The average Bonchev–Trinajstić information content (AvgIpc) is 2.88. The highest BCUT2D eigenvalue weighted by molar-refractivity contribution is 5.75. The first-order chi connectivity index (χ1) is 9.79. The topological polar surface area (TPSA) is 58.0 Å². The highest BCUT2D eigenvalue weighted by Gasteiger charge is 2.25. The van der Waals surface area contributed by atoms with E-state index in [1.54, 1.807) is 0 Å². The quantitative estimate of drug-likeness (QED) is 0.464. The third-order valence-electron chi connectivity index (χ3n) is 3.61. The molecule has 4 heteroatoms. The molecular weight excluding hydrogens is 250 g/mol. The van der Waals surface area contributed by atoms with E-state index < -0.39 is 0 Å². The fourth-order valence-electron chi connectivity index (χ4n) is 2.65. The van der Waals surface area contributed by atoms with Gasteiger partial charge in [-0.05, 0) is 29.1 Å². The Balaban J connectivity index is 1.99. The van der Waals surface area contributed by atoms with E-state index >= 15 is 0 Å². The first-order valence-corrected chi connectivity index (χ1v) is 6.65. The van der Waals surface area contributed by atoms with E-state index in [-0.39, 0.29) is 6.10 Å². The zero-order chi connectivity index (χ0) is 13.9. The van der Waals surface area contributed by atoms with Gasteiger partial charge in [-0.25, -0.2) is 0 Å². The molecule has 0 amide bonds. The monoisotopic (exact) mass is 265 g/mol. The Morgan fingerprint density at radius 1 is 1.20 bits per heavy atom. The summed E-state index contributed by atoms with van der Waals surface area (Å²) in [4.78, 5) is 2.80. The van der Waals surface area contributed by atoms with Crippen molar-refractivity contribution in [1.29, 1.82) is 0 Å². The van der Waals surface area contributed by atoms with Crippen LogP contribution in [0, 0.1) is 6.92 Å². The number of hydrogen-bond donors (Lipinski definition) is 0. The Kier molecular flexibility index (Phi) is 3.32. The van der Waals surface area contributed by atoms with Crippen molar-refractivity contribution < 1.29 is 4.74 Å². The second-order valence-electron chi connectivity index (χ2n) is 4.97. The highest BCUT2D eigenvalue weighted by atomic mass is 16.5. The summed E-state index contributed by atoms with van der Waals surface area (Å²) in [6, 6.07) is 14.5. The number of azide groups is 1. The molecule has 0 bridgehead atoms. The molecule has 0 saturated carbocycles. The van der Waals surface area contributed by atoms with Crippen LogP contribution in [0.4, 0.5) is 0 Å². The number of nitrogens with zero attached hydrogens (tertiary/aromatic N) is 3. The van der Waals surface area contributed by atoms with Crippen LogP contribution >= 0.6 is 0 Å². The zero-order valence-electron chi connectivity index (χ0n) is 11.3. The highest BCUT2D eigenvalue weighted by Crippen LogP contribution is 2.39. The fraction of sp³-hybridized carbons (Fsp3) is 0.250. The van der Waals surface area contributed by atoms with Crippen molar-refractivity contribution in [1.82, 2.24) is 0 Å². The molecule has 0 fully saturated rings. The molecule has 2 aromatic carbocycles. The lowest BCUT2D eigenvalue weighted by Gasteiger charge is -2.12. The van der Waals surface area contributed by atoms with E-state index in [2.05, 4.69) is 47.3 Å². The molecule has 1 heterocycles. The van der Waals surface area contributed by atoms with Crippen LogP contribution in [-0.2, 0) is 6.42 Å². The van der Waals surface area contributed by atoms with Crippen LogP contribution in [0.3, 0.4) is 0 Å². The first-order valence-electron chi connectivity index (χ1n) is 6.65. The van der Waals surface area contributed by atoms with Gasteiger partial charge in [0.25, 0.3) is 0 Å². The molecule has 4 nitrogen and oxygen atoms in total. The van der Waals surface area contributed by atoms with Gasteiger partial charge in [0.2, 0.25) is 0 Å². The standard InChI is InChI=1S/C16H15N3O/c1-11-5-2-3-7-14(11)15-8-4-6-12-9-13(10-18-19-17)20-16(12)15/h2-8,13H,9-10H2,1H3. The molecular formula is C16H15N3O. The molecule has 0 aromatic heterocycles. The van der Waals surface area contributed by atoms with Crippen LogP contribution in [0.2, 0.25) is 0 Å². The van der Waals surface area contributed by atoms with Gasteiger partial charge >= 0.3 is 0 Å². The van der Waals surface area contributed by atoms with Crippen LogP contribution < -0.4 is 4.74 Å². The normalized spacial score (nSPS) is 16.1. The van der Waals surface area contributed by atoms with Crippen molar-refractivity contribution in [3.05, 3.63) is 64.0 Å². The molecule has 0 spiro atoms. The third-order valence-corrected chi connectivity index (χ3v) is 3.61. The lowest BCUT2D eigenvalue weighted by atomic mass is 9.97. The van der Waals surface area contributed by atoms with Crippen LogP contribution in [0.25, 0.3) is 21.6 Å². The minimum absolute atomic E-state index is 0.0499. The van der Waals surface area contributed by atoms with Crippen molar-refractivity contribution in [3.8, 4) is 16.9 Å². The lowest BCUT2D eigenvalue weighted by molar-refractivity contribution is 0.242. The number of fused-ring (bicyclic) bond motifs is 1. The Hall–Kier alpha value is -2.45. The first kappa shape index (κ1) is 12.6. The lowest BCUT2D eigenvalue weighted by Crippen LogP contribution is -2.16. The molecule has 0 radical (unpaired) electrons. The van der Waals surface area contributed by atoms with E-state index in [0.29, 0.717) is 6.54 Å². The van der Waals surface area contributed by atoms with Crippen LogP contribution in [0.5, 0.6) is 5.75 Å². The average molecular weight is 265 g/mol. The largest absolute Gasteiger partial charge is 0.489 e. The SMILES string of the molecule is Cc1ccccc1-c1cccc2c1OC(CN=[N+]=[N-])C2. The van der Waals surface area contributed by atoms with Crippen molar-refractivity contribution >= 4 is 0 Å². The van der Waals surface area contributed by atoms with E-state index in [9.17, 15) is 0 Å². The number of ether oxygens (including phenoxy) is 1. The second-order valence-corrected chi connectivity index (χ2v) is 4.97. The summed E-state index contributed by atoms with van der Waals surface area (Å²) < 4.78 is 5.98. The summed E-state index contributed by atoms with van der Waals surface area (Å²) in [6.07, 6.45) is 0.750. The van der Waals surface area contributed by atoms with Gasteiger partial charge < -0.3 is 4.74 Å². The van der Waals surface area contributed by atoms with E-state index in [4.69, 9.17) is 10.3 Å². The summed E-state index contributed by atoms with van der Waals surface area (Å²) in [5.74, 6) is 0.930. The Labute approximate surface area is 117 Å². The van der Waals surface area contributed by atoms with Crippen molar-refractivity contribution in [2.45, 2.75) is 19.4 Å². The molecule has 2 aromatic rings. The van der Waals surface area contributed by atoms with Crippen LogP contribution in [-0.4, -0.2) is 12.6 Å². The fourth-order valence-corrected chi connectivity index (χ4v) is 2.65. The number of aryl methyl sites for hydroxylation is 1. The van der Waals surface area contributed by atoms with Crippen molar-refractivity contribution in [2.75, 3.05) is 6.54 Å². The van der Waals surface area contributed by atoms with E-state index in [1.807, 2.05) is 12.1 Å². The van der Waals surface area contributed by atoms with Gasteiger partial charge in [-0.2, -0.15) is 0 Å². The maximum absolute atomic E-state index is 8.42. The van der Waals surface area contributed by atoms with Crippen molar-refractivity contribution in [2.24, 2.45) is 5.11 Å². The van der Waals surface area contributed by atoms with Gasteiger partial charge in [-0.15, -0.1) is 0 Å². The van der Waals surface area contributed by atoms with Gasteiger partial charge in [0.1, 0.15) is 11.9 Å². The minimum atomic E-state index is -0.0499. The Morgan fingerprint density at radius 2 is 2.00 bits per heavy atom. The van der Waals surface area contributed by atoms with Gasteiger partial charge in [-0.1, -0.05) is 47.6 Å². The third kappa shape index (κ3) is 2.22. The van der Waals surface area contributed by atoms with Gasteiger partial charge in [0, 0.05) is 16.9 Å². The molecule has 1 unspecified atom stereocenters. The number of para-hydroxylation sites is 1. The van der Waals surface area contributed by atoms with Gasteiger partial charge in [-0.3, -0.25) is 0 Å². The molecule has 20 heavy (non-hydrogen) atoms. The summed E-state index contributed by atoms with van der Waals surface area (Å²) in [5.41, 5.74) is 13.1. The summed E-state index contributed by atoms with van der Waals surface area (Å²) in [5, 5.41) is 3.61. The van der Waals surface area contributed by atoms with Gasteiger partial charge in [0.05, 0.1) is 6.54 Å². The molecule has 100 valence electrons. The molecule has 1 aliphatic rings. The predicted octanol–water partition coefficient (Wildman–Crippen LogP) is 4.28. The molecule has 0 N–H and O–H groups in total. The molecule has 1 aliphatic heterocycles. The Bertz CT molecular complexity index is 690. The smallest absolute Gasteiger partial charge is 0.130 e. The maximum Gasteiger partial charge on any atom is 0.130 e.